The maximum atomic E-state index is 13.8. The van der Waals surface area contributed by atoms with Crippen LogP contribution in [-0.2, 0) is 19.0 Å². The molecule has 0 spiro atoms. The second-order valence-electron chi connectivity index (χ2n) is 9.79. The summed E-state index contributed by atoms with van der Waals surface area (Å²) < 4.78 is 28.8. The summed E-state index contributed by atoms with van der Waals surface area (Å²) in [5.41, 5.74) is 1.51. The molecule has 5 rings (SSSR count). The Bertz CT molecular complexity index is 1310. The van der Waals surface area contributed by atoms with Crippen LogP contribution in [0.4, 0.5) is 0 Å². The van der Waals surface area contributed by atoms with E-state index in [2.05, 4.69) is 0 Å². The average Bonchev–Trinajstić information content (AvgIpc) is 2.91. The Morgan fingerprint density at radius 2 is 1.95 bits per heavy atom. The summed E-state index contributed by atoms with van der Waals surface area (Å²) in [6, 6.07) is 4.82. The van der Waals surface area contributed by atoms with E-state index in [0.29, 0.717) is 36.1 Å². The van der Waals surface area contributed by atoms with Crippen molar-refractivity contribution in [3.8, 4) is 17.2 Å². The average molecular weight is 747 g/mol. The third-order valence-corrected chi connectivity index (χ3v) is 8.29. The second-order valence-corrected chi connectivity index (χ2v) is 10.8. The summed E-state index contributed by atoms with van der Waals surface area (Å²) in [7, 11) is 1.43. The molecule has 1 heterocycles. The number of nitrogens with one attached hydrogen (secondary N) is 1. The lowest BCUT2D eigenvalue weighted by atomic mass is 9.73. The van der Waals surface area contributed by atoms with E-state index in [1.165, 1.54) is 7.11 Å². The summed E-state index contributed by atoms with van der Waals surface area (Å²) in [5, 5.41) is 20.3. The van der Waals surface area contributed by atoms with Crippen molar-refractivity contribution in [3.63, 3.8) is 0 Å². The van der Waals surface area contributed by atoms with E-state index >= 15 is 0 Å². The van der Waals surface area contributed by atoms with Gasteiger partial charge >= 0.3 is 0 Å². The zero-order valence-electron chi connectivity index (χ0n) is 20.8. The smallest absolute Gasteiger partial charge is 0.202 e. The van der Waals surface area contributed by atoms with Crippen LogP contribution < -0.4 is 7.80 Å². The number of halogens is 2. The number of phenolic OH excluding ortho intramolecular Hbond substituents is 1. The first-order chi connectivity index (χ1) is 18.3. The number of benzene rings is 2. The molecule has 0 bridgehead atoms. The molecule has 1 saturated heterocycles. The van der Waals surface area contributed by atoms with Gasteiger partial charge < -0.3 is 30.9 Å². The van der Waals surface area contributed by atoms with Gasteiger partial charge in [0.05, 0.1) is 42.6 Å². The van der Waals surface area contributed by atoms with Crippen LogP contribution in [0.15, 0.2) is 18.2 Å². The van der Waals surface area contributed by atoms with Crippen LogP contribution in [0.25, 0.3) is 0 Å². The highest BCUT2D eigenvalue weighted by Gasteiger charge is 2.44. The predicted octanol–water partition coefficient (Wildman–Crippen LogP) is 5.83. The lowest BCUT2D eigenvalue weighted by Gasteiger charge is -2.38. The molecule has 0 saturated carbocycles. The first-order valence-electron chi connectivity index (χ1n) is 12.4. The van der Waals surface area contributed by atoms with Gasteiger partial charge in [0.1, 0.15) is 40.3 Å². The zero-order chi connectivity index (χ0) is 27.1. The molecule has 2 aromatic rings. The van der Waals surface area contributed by atoms with Crippen molar-refractivity contribution in [2.45, 2.75) is 57.5 Å². The molecule has 0 unspecified atom stereocenters. The Morgan fingerprint density at radius 1 is 1.16 bits per heavy atom. The molecule has 11 heteroatoms. The number of ketones is 2. The van der Waals surface area contributed by atoms with Gasteiger partial charge in [-0.3, -0.25) is 9.59 Å². The lowest BCUT2D eigenvalue weighted by molar-refractivity contribution is -0.215. The molecule has 0 aromatic heterocycles. The van der Waals surface area contributed by atoms with Crippen molar-refractivity contribution >= 4 is 63.3 Å². The van der Waals surface area contributed by atoms with E-state index in [4.69, 9.17) is 25.8 Å². The van der Waals surface area contributed by atoms with Gasteiger partial charge in [0.25, 0.3) is 0 Å². The SMILES string of the molecule is COc1cccc2c1C(=O)c1c(O)c3c(c(OI)c1C2=O)C[C@@H](C(=N)COI)C[C@@H]3O[C@H]1CCC[C@H](C)O1. The van der Waals surface area contributed by atoms with E-state index in [1.807, 2.05) is 6.92 Å². The molecule has 9 nitrogen and oxygen atoms in total. The fraction of sp³-hybridized carbons (Fsp3) is 0.444. The van der Waals surface area contributed by atoms with E-state index in [9.17, 15) is 14.7 Å². The van der Waals surface area contributed by atoms with Gasteiger partial charge in [0.2, 0.25) is 5.78 Å². The summed E-state index contributed by atoms with van der Waals surface area (Å²) in [5.74, 6) is -1.08. The molecule has 2 aliphatic carbocycles. The Morgan fingerprint density at radius 3 is 2.63 bits per heavy atom. The maximum Gasteiger partial charge on any atom is 0.202 e. The maximum absolute atomic E-state index is 13.8. The second kappa shape index (κ2) is 11.4. The molecule has 3 aliphatic rings. The van der Waals surface area contributed by atoms with Crippen LogP contribution >= 0.6 is 46.0 Å². The molecule has 1 aliphatic heterocycles. The lowest BCUT2D eigenvalue weighted by Crippen LogP contribution is -2.34. The molecular formula is C27H27I2NO8. The summed E-state index contributed by atoms with van der Waals surface area (Å²) in [4.78, 5) is 27.6. The van der Waals surface area contributed by atoms with E-state index in [0.717, 1.165) is 12.8 Å². The van der Waals surface area contributed by atoms with E-state index < -0.39 is 24.0 Å². The number of ether oxygens (including phenoxy) is 3. The number of carbonyl (C=O) groups is 2. The van der Waals surface area contributed by atoms with Crippen molar-refractivity contribution in [1.29, 1.82) is 5.41 Å². The van der Waals surface area contributed by atoms with Gasteiger partial charge in [0, 0.05) is 28.3 Å². The van der Waals surface area contributed by atoms with Gasteiger partial charge in [-0.2, -0.15) is 0 Å². The van der Waals surface area contributed by atoms with Crippen LogP contribution in [-0.4, -0.2) is 48.5 Å². The minimum absolute atomic E-state index is 0.0139. The van der Waals surface area contributed by atoms with Crippen LogP contribution in [0.2, 0.25) is 0 Å². The Hall–Kier alpha value is -1.81. The molecule has 2 aromatic carbocycles. The van der Waals surface area contributed by atoms with Gasteiger partial charge in [-0.25, -0.2) is 0 Å². The number of aromatic hydroxyl groups is 1. The highest BCUT2D eigenvalue weighted by atomic mass is 127. The number of phenols is 1. The summed E-state index contributed by atoms with van der Waals surface area (Å²) >= 11 is 3.46. The minimum Gasteiger partial charge on any atom is -0.507 e. The van der Waals surface area contributed by atoms with Gasteiger partial charge in [-0.15, -0.1) is 0 Å². The van der Waals surface area contributed by atoms with Gasteiger partial charge in [-0.1, -0.05) is 12.1 Å². The molecule has 2 N–H and O–H groups in total. The number of carbonyl (C=O) groups excluding carboxylic acids is 2. The van der Waals surface area contributed by atoms with Crippen molar-refractivity contribution < 1.29 is 35.0 Å². The molecule has 202 valence electrons. The first kappa shape index (κ1) is 27.7. The van der Waals surface area contributed by atoms with E-state index in [1.54, 1.807) is 64.2 Å². The number of fused-ring (bicyclic) bond motifs is 3. The molecular weight excluding hydrogens is 720 g/mol. The molecule has 38 heavy (non-hydrogen) atoms. The van der Waals surface area contributed by atoms with Crippen LogP contribution in [0.1, 0.15) is 81.7 Å². The first-order valence-corrected chi connectivity index (χ1v) is 14.1. The Balaban J connectivity index is 1.69. The predicted molar refractivity (Wildman–Crippen MR) is 154 cm³/mol. The van der Waals surface area contributed by atoms with E-state index in [-0.39, 0.29) is 58.1 Å². The highest BCUT2D eigenvalue weighted by Crippen LogP contribution is 2.52. The normalized spacial score (nSPS) is 24.3. The zero-order valence-corrected chi connectivity index (χ0v) is 25.2. The third-order valence-electron chi connectivity index (χ3n) is 7.54. The highest BCUT2D eigenvalue weighted by molar-refractivity contribution is 14.1. The largest absolute Gasteiger partial charge is 0.507 e. The van der Waals surface area contributed by atoms with Crippen LogP contribution in [0.5, 0.6) is 17.2 Å². The Labute approximate surface area is 248 Å². The standard InChI is InChI=1S/C27H27I2NO8/c1-12-5-3-8-19(36-12)37-18-10-13(16(30)11-35-28)9-15-21(18)26(33)22-23(27(15)38-29)24(31)14-6-4-7-17(34-2)20(14)25(22)32/h4,6-7,12-13,18-19,30,33H,3,5,8-11H2,1-2H3/t12-,13+,18-,19-/m0/s1. The molecule has 4 atom stereocenters. The van der Waals surface area contributed by atoms with Crippen molar-refractivity contribution in [1.82, 2.24) is 0 Å². The monoisotopic (exact) mass is 747 g/mol. The fourth-order valence-electron chi connectivity index (χ4n) is 5.76. The minimum atomic E-state index is -0.689. The number of hydrogen-bond acceptors (Lipinski definition) is 9. The van der Waals surface area contributed by atoms with Crippen molar-refractivity contribution in [2.24, 2.45) is 5.92 Å². The molecule has 0 radical (unpaired) electrons. The van der Waals surface area contributed by atoms with Crippen molar-refractivity contribution in [3.05, 3.63) is 51.6 Å². The number of rotatable bonds is 7. The summed E-state index contributed by atoms with van der Waals surface area (Å²) in [6.07, 6.45) is 2.12. The number of methoxy groups -OCH3 is 1. The topological polar surface area (TPSA) is 124 Å². The van der Waals surface area contributed by atoms with Crippen LogP contribution in [0.3, 0.4) is 0 Å². The van der Waals surface area contributed by atoms with Crippen LogP contribution in [0, 0.1) is 11.3 Å². The van der Waals surface area contributed by atoms with Gasteiger partial charge in [0.15, 0.2) is 35.1 Å². The van der Waals surface area contributed by atoms with Crippen molar-refractivity contribution in [2.75, 3.05) is 13.7 Å². The summed E-state index contributed by atoms with van der Waals surface area (Å²) in [6.45, 7) is 2.12. The quantitative estimate of drug-likeness (QED) is 0.229. The number of hydrogen-bond donors (Lipinski definition) is 2. The Kier molecular flexibility index (Phi) is 8.29. The fourth-order valence-corrected chi connectivity index (χ4v) is 6.58. The van der Waals surface area contributed by atoms with Gasteiger partial charge in [-0.05, 0) is 45.1 Å². The molecule has 1 fully saturated rings. The molecule has 0 amide bonds. The third kappa shape index (κ3) is 4.73.